The zero-order valence-electron chi connectivity index (χ0n) is 16.6. The number of nitrogens with one attached hydrogen (secondary N) is 1. The van der Waals surface area contributed by atoms with Crippen LogP contribution in [-0.4, -0.2) is 37.8 Å². The first-order chi connectivity index (χ1) is 12.2. The number of ether oxygens (including phenoxy) is 1. The van der Waals surface area contributed by atoms with Crippen molar-refractivity contribution in [3.8, 4) is 0 Å². The molecule has 0 bridgehead atoms. The number of aliphatic hydroxyl groups excluding tert-OH is 1. The molecule has 1 atom stereocenters. The second-order valence-corrected chi connectivity index (χ2v) is 7.63. The summed E-state index contributed by atoms with van der Waals surface area (Å²) in [5.74, 6) is -0.401. The number of nitrogen functional groups attached to an aromatic ring is 1. The SMILES string of the molecule is [B]C(CNC(=O)OC(C)(C)C)c1c(CCC)ccc(CCCCO)c1N. The van der Waals surface area contributed by atoms with Gasteiger partial charge in [-0.15, -0.1) is 0 Å². The molecule has 1 amide bonds. The molecule has 0 saturated carbocycles. The highest BCUT2D eigenvalue weighted by atomic mass is 16.6. The monoisotopic (exact) mass is 360 g/mol. The minimum Gasteiger partial charge on any atom is -0.444 e. The fourth-order valence-corrected chi connectivity index (χ4v) is 2.91. The van der Waals surface area contributed by atoms with E-state index in [-0.39, 0.29) is 13.2 Å². The van der Waals surface area contributed by atoms with Gasteiger partial charge in [-0.05, 0) is 69.0 Å². The number of carbonyl (C=O) groups excluding carboxylic acids is 1. The molecule has 0 heterocycles. The Bertz CT molecular complexity index is 585. The number of aliphatic hydroxyl groups is 1. The van der Waals surface area contributed by atoms with Crippen LogP contribution in [-0.2, 0) is 17.6 Å². The van der Waals surface area contributed by atoms with Crippen molar-refractivity contribution >= 4 is 19.6 Å². The predicted octanol–water partition coefficient (Wildman–Crippen LogP) is 3.27. The quantitative estimate of drug-likeness (QED) is 0.358. The number of amides is 1. The Hall–Kier alpha value is -1.69. The van der Waals surface area contributed by atoms with Crippen molar-refractivity contribution in [2.45, 2.75) is 71.2 Å². The average molecular weight is 360 g/mol. The van der Waals surface area contributed by atoms with Crippen molar-refractivity contribution in [1.29, 1.82) is 0 Å². The Morgan fingerprint density at radius 1 is 1.27 bits per heavy atom. The summed E-state index contributed by atoms with van der Waals surface area (Å²) in [6.07, 6.45) is 3.82. The molecule has 0 aliphatic rings. The predicted molar refractivity (Wildman–Crippen MR) is 108 cm³/mol. The summed E-state index contributed by atoms with van der Waals surface area (Å²) in [6.45, 7) is 8.01. The van der Waals surface area contributed by atoms with Gasteiger partial charge in [0.2, 0.25) is 0 Å². The minimum absolute atomic E-state index is 0.181. The molecule has 0 aliphatic heterocycles. The number of hydrogen-bond donors (Lipinski definition) is 3. The number of rotatable bonds is 9. The van der Waals surface area contributed by atoms with Gasteiger partial charge in [-0.25, -0.2) is 4.79 Å². The highest BCUT2D eigenvalue weighted by molar-refractivity contribution is 6.13. The van der Waals surface area contributed by atoms with Gasteiger partial charge in [-0.2, -0.15) is 0 Å². The largest absolute Gasteiger partial charge is 0.444 e. The van der Waals surface area contributed by atoms with E-state index in [9.17, 15) is 4.79 Å². The lowest BCUT2D eigenvalue weighted by Crippen LogP contribution is -2.35. The number of hydrogen-bond acceptors (Lipinski definition) is 4. The third-order valence-corrected chi connectivity index (χ3v) is 4.08. The molecule has 0 spiro atoms. The van der Waals surface area contributed by atoms with Crippen molar-refractivity contribution in [2.24, 2.45) is 0 Å². The highest BCUT2D eigenvalue weighted by Gasteiger charge is 2.19. The molecule has 1 rings (SSSR count). The van der Waals surface area contributed by atoms with Crippen LogP contribution in [0.2, 0.25) is 0 Å². The van der Waals surface area contributed by atoms with Crippen molar-refractivity contribution in [3.05, 3.63) is 28.8 Å². The number of carbonyl (C=O) groups is 1. The molecule has 4 N–H and O–H groups in total. The lowest BCUT2D eigenvalue weighted by atomic mass is 9.76. The first-order valence-corrected chi connectivity index (χ1v) is 9.43. The first kappa shape index (κ1) is 22.4. The molecular weight excluding hydrogens is 327 g/mol. The van der Waals surface area contributed by atoms with Gasteiger partial charge in [0.1, 0.15) is 5.60 Å². The van der Waals surface area contributed by atoms with Crippen LogP contribution >= 0.6 is 0 Å². The van der Waals surface area contributed by atoms with E-state index < -0.39 is 17.5 Å². The van der Waals surface area contributed by atoms with Crippen molar-refractivity contribution < 1.29 is 14.6 Å². The minimum atomic E-state index is -0.548. The van der Waals surface area contributed by atoms with Gasteiger partial charge < -0.3 is 20.9 Å². The van der Waals surface area contributed by atoms with Gasteiger partial charge in [-0.3, -0.25) is 0 Å². The zero-order chi connectivity index (χ0) is 19.7. The smallest absolute Gasteiger partial charge is 0.407 e. The third kappa shape index (κ3) is 7.28. The fourth-order valence-electron chi connectivity index (χ4n) is 2.91. The van der Waals surface area contributed by atoms with Gasteiger partial charge in [0.05, 0.1) is 7.85 Å². The van der Waals surface area contributed by atoms with E-state index in [0.717, 1.165) is 48.8 Å². The van der Waals surface area contributed by atoms with Crippen LogP contribution in [0.25, 0.3) is 0 Å². The van der Waals surface area contributed by atoms with Gasteiger partial charge >= 0.3 is 6.09 Å². The average Bonchev–Trinajstić information content (AvgIpc) is 2.54. The molecule has 144 valence electrons. The second kappa shape index (κ2) is 10.5. The molecule has 26 heavy (non-hydrogen) atoms. The topological polar surface area (TPSA) is 84.6 Å². The Balaban J connectivity index is 2.91. The lowest BCUT2D eigenvalue weighted by Gasteiger charge is -2.24. The summed E-state index contributed by atoms with van der Waals surface area (Å²) in [7, 11) is 6.37. The Morgan fingerprint density at radius 2 is 1.92 bits per heavy atom. The molecule has 0 saturated heterocycles. The lowest BCUT2D eigenvalue weighted by molar-refractivity contribution is 0.0527. The molecule has 0 aromatic heterocycles. The summed E-state index contributed by atoms with van der Waals surface area (Å²) >= 11 is 0. The van der Waals surface area contributed by atoms with Crippen molar-refractivity contribution in [1.82, 2.24) is 5.32 Å². The van der Waals surface area contributed by atoms with E-state index in [1.807, 2.05) is 20.8 Å². The molecule has 1 aromatic rings. The Morgan fingerprint density at radius 3 is 2.50 bits per heavy atom. The van der Waals surface area contributed by atoms with Crippen LogP contribution < -0.4 is 11.1 Å². The highest BCUT2D eigenvalue weighted by Crippen LogP contribution is 2.30. The summed E-state index contributed by atoms with van der Waals surface area (Å²) in [6, 6.07) is 4.13. The maximum Gasteiger partial charge on any atom is 0.407 e. The van der Waals surface area contributed by atoms with E-state index >= 15 is 0 Å². The van der Waals surface area contributed by atoms with Gasteiger partial charge in [-0.1, -0.05) is 25.5 Å². The van der Waals surface area contributed by atoms with Crippen LogP contribution in [0.4, 0.5) is 10.5 Å². The number of anilines is 1. The fraction of sp³-hybridized carbons (Fsp3) is 0.650. The maximum atomic E-state index is 11.9. The van der Waals surface area contributed by atoms with Crippen LogP contribution in [0.5, 0.6) is 0 Å². The summed E-state index contributed by atoms with van der Waals surface area (Å²) in [5, 5.41) is 11.7. The normalized spacial score (nSPS) is 12.7. The molecule has 0 aliphatic carbocycles. The third-order valence-electron chi connectivity index (χ3n) is 4.08. The number of unbranched alkanes of at least 4 members (excludes halogenated alkanes) is 1. The molecule has 2 radical (unpaired) electrons. The summed E-state index contributed by atoms with van der Waals surface area (Å²) < 4.78 is 5.26. The molecule has 1 aromatic carbocycles. The molecule has 0 fully saturated rings. The standard InChI is InChI=1S/C20H33BN2O3/c1-5-8-14-10-11-15(9-6-7-12-24)18(22)17(14)16(21)13-23-19(25)26-20(2,3)4/h10-11,16,24H,5-9,12-13,22H2,1-4H3,(H,23,25). The van der Waals surface area contributed by atoms with Crippen molar-refractivity contribution in [3.63, 3.8) is 0 Å². The van der Waals surface area contributed by atoms with Crippen LogP contribution in [0.3, 0.4) is 0 Å². The van der Waals surface area contributed by atoms with E-state index in [1.54, 1.807) is 0 Å². The maximum absolute atomic E-state index is 11.9. The summed E-state index contributed by atoms with van der Waals surface area (Å²) in [5.41, 5.74) is 9.64. The van der Waals surface area contributed by atoms with Crippen LogP contribution in [0, 0.1) is 0 Å². The van der Waals surface area contributed by atoms with Crippen LogP contribution in [0.15, 0.2) is 12.1 Å². The van der Waals surface area contributed by atoms with Crippen LogP contribution in [0.1, 0.15) is 69.5 Å². The van der Waals surface area contributed by atoms with Crippen molar-refractivity contribution in [2.75, 3.05) is 18.9 Å². The molecule has 6 heteroatoms. The first-order valence-electron chi connectivity index (χ1n) is 9.43. The Labute approximate surface area is 159 Å². The van der Waals surface area contributed by atoms with Gasteiger partial charge in [0.15, 0.2) is 0 Å². The van der Waals surface area contributed by atoms with Gasteiger partial charge in [0, 0.05) is 18.8 Å². The summed E-state index contributed by atoms with van der Waals surface area (Å²) in [4.78, 5) is 11.9. The number of benzene rings is 1. The van der Waals surface area contributed by atoms with E-state index in [1.165, 1.54) is 0 Å². The van der Waals surface area contributed by atoms with E-state index in [0.29, 0.717) is 5.69 Å². The Kier molecular flexibility index (Phi) is 8.99. The van der Waals surface area contributed by atoms with Gasteiger partial charge in [0.25, 0.3) is 0 Å². The molecule has 1 unspecified atom stereocenters. The van der Waals surface area contributed by atoms with E-state index in [4.69, 9.17) is 23.4 Å². The molecule has 5 nitrogen and oxygen atoms in total. The molecular formula is C20H33BN2O3. The number of aryl methyl sites for hydroxylation is 2. The zero-order valence-corrected chi connectivity index (χ0v) is 16.6. The number of alkyl carbamates (subject to hydrolysis) is 1. The number of nitrogens with two attached hydrogens (primary N) is 1. The second-order valence-electron chi connectivity index (χ2n) is 7.63. The van der Waals surface area contributed by atoms with E-state index in [2.05, 4.69) is 24.4 Å².